The van der Waals surface area contributed by atoms with Crippen LogP contribution >= 0.6 is 0 Å². The average molecular weight is 258 g/mol. The highest BCUT2D eigenvalue weighted by molar-refractivity contribution is 6.11. The molecule has 2 heteroatoms. The fourth-order valence-corrected chi connectivity index (χ4v) is 3.26. The van der Waals surface area contributed by atoms with Crippen molar-refractivity contribution in [1.29, 1.82) is 0 Å². The number of hydrogen-bond acceptors (Lipinski definition) is 2. The summed E-state index contributed by atoms with van der Waals surface area (Å²) in [6.07, 6.45) is 0.518. The van der Waals surface area contributed by atoms with E-state index < -0.39 is 5.92 Å². The van der Waals surface area contributed by atoms with Gasteiger partial charge in [-0.3, -0.25) is 9.59 Å². The largest absolute Gasteiger partial charge is 0.299 e. The van der Waals surface area contributed by atoms with E-state index in [1.54, 1.807) is 0 Å². The van der Waals surface area contributed by atoms with Gasteiger partial charge < -0.3 is 0 Å². The van der Waals surface area contributed by atoms with Crippen molar-refractivity contribution in [2.75, 3.05) is 0 Å². The van der Waals surface area contributed by atoms with Crippen LogP contribution in [0.4, 0.5) is 0 Å². The van der Waals surface area contributed by atoms with Gasteiger partial charge in [-0.05, 0) is 43.4 Å². The molecule has 19 heavy (non-hydrogen) atoms. The van der Waals surface area contributed by atoms with Crippen molar-refractivity contribution in [3.63, 3.8) is 0 Å². The molecule has 2 nitrogen and oxygen atoms in total. The normalized spacial score (nSPS) is 27.7. The van der Waals surface area contributed by atoms with Crippen molar-refractivity contribution in [3.05, 3.63) is 34.4 Å². The van der Waals surface area contributed by atoms with Gasteiger partial charge in [-0.15, -0.1) is 0 Å². The van der Waals surface area contributed by atoms with E-state index in [0.29, 0.717) is 6.42 Å². The number of hydrogen-bond donors (Lipinski definition) is 0. The maximum atomic E-state index is 12.5. The zero-order valence-electron chi connectivity index (χ0n) is 12.4. The van der Waals surface area contributed by atoms with E-state index in [1.807, 2.05) is 34.6 Å². The van der Waals surface area contributed by atoms with Crippen LogP contribution in [0.1, 0.15) is 48.4 Å². The van der Waals surface area contributed by atoms with E-state index in [-0.39, 0.29) is 23.4 Å². The third-order valence-electron chi connectivity index (χ3n) is 4.46. The number of rotatable bonds is 1. The van der Waals surface area contributed by atoms with Crippen LogP contribution in [-0.2, 0) is 9.59 Å². The molecule has 1 saturated carbocycles. The maximum absolute atomic E-state index is 12.5. The molecule has 2 rings (SSSR count). The summed E-state index contributed by atoms with van der Waals surface area (Å²) in [5.74, 6) is -0.207. The molecule has 0 bridgehead atoms. The monoisotopic (exact) mass is 258 g/mol. The highest BCUT2D eigenvalue weighted by Gasteiger charge is 2.40. The molecule has 0 amide bonds. The number of carbonyl (C=O) groups excluding carboxylic acids is 2. The summed E-state index contributed by atoms with van der Waals surface area (Å²) in [5.41, 5.74) is 4.24. The molecule has 0 radical (unpaired) electrons. The SMILES string of the molecule is Cc1cc(C)c(C2C(=O)CC(C)C(C)C2=O)c(C)c1. The highest BCUT2D eigenvalue weighted by atomic mass is 16.2. The number of Topliss-reactive ketones (excluding diaryl/α,β-unsaturated/α-hetero) is 2. The maximum Gasteiger partial charge on any atom is 0.150 e. The van der Waals surface area contributed by atoms with Crippen LogP contribution in [0.25, 0.3) is 0 Å². The van der Waals surface area contributed by atoms with Gasteiger partial charge >= 0.3 is 0 Å². The first-order chi connectivity index (χ1) is 8.82. The second kappa shape index (κ2) is 4.92. The summed E-state index contributed by atoms with van der Waals surface area (Å²) in [6, 6.07) is 4.12. The van der Waals surface area contributed by atoms with E-state index in [2.05, 4.69) is 12.1 Å². The Balaban J connectivity index is 2.52. The Labute approximate surface area is 115 Å². The van der Waals surface area contributed by atoms with Gasteiger partial charge in [-0.25, -0.2) is 0 Å². The molecule has 3 atom stereocenters. The zero-order valence-corrected chi connectivity index (χ0v) is 12.4. The molecule has 0 heterocycles. The minimum Gasteiger partial charge on any atom is -0.299 e. The lowest BCUT2D eigenvalue weighted by Crippen LogP contribution is -2.38. The van der Waals surface area contributed by atoms with E-state index in [4.69, 9.17) is 0 Å². The predicted molar refractivity (Wildman–Crippen MR) is 76.4 cm³/mol. The van der Waals surface area contributed by atoms with Gasteiger partial charge in [-0.1, -0.05) is 31.5 Å². The molecule has 1 aliphatic rings. The summed E-state index contributed by atoms with van der Waals surface area (Å²) >= 11 is 0. The van der Waals surface area contributed by atoms with Crippen LogP contribution in [0.3, 0.4) is 0 Å². The number of ketones is 2. The van der Waals surface area contributed by atoms with Crippen molar-refractivity contribution in [2.45, 2.75) is 47.0 Å². The van der Waals surface area contributed by atoms with Gasteiger partial charge in [-0.2, -0.15) is 0 Å². The van der Waals surface area contributed by atoms with Crippen LogP contribution in [-0.4, -0.2) is 11.6 Å². The standard InChI is InChI=1S/C17H22O2/c1-9-6-11(3)15(12(4)7-9)16-14(18)8-10(2)13(5)17(16)19/h6-7,10,13,16H,8H2,1-5H3. The Hall–Kier alpha value is -1.44. The Morgan fingerprint density at radius 2 is 1.53 bits per heavy atom. The Morgan fingerprint density at radius 1 is 1.00 bits per heavy atom. The van der Waals surface area contributed by atoms with Crippen molar-refractivity contribution in [2.24, 2.45) is 11.8 Å². The van der Waals surface area contributed by atoms with Crippen LogP contribution in [0.15, 0.2) is 12.1 Å². The lowest BCUT2D eigenvalue weighted by atomic mass is 9.70. The molecular formula is C17H22O2. The minimum absolute atomic E-state index is 0.0252. The van der Waals surface area contributed by atoms with Crippen molar-refractivity contribution < 1.29 is 9.59 Å². The summed E-state index contributed by atoms with van der Waals surface area (Å²) in [4.78, 5) is 24.8. The first kappa shape index (κ1) is 14.0. The molecule has 0 N–H and O–H groups in total. The van der Waals surface area contributed by atoms with Gasteiger partial charge in [0.1, 0.15) is 11.7 Å². The number of carbonyl (C=O) groups is 2. The molecule has 0 saturated heterocycles. The summed E-state index contributed by atoms with van der Waals surface area (Å²) in [5, 5.41) is 0. The van der Waals surface area contributed by atoms with Gasteiger partial charge in [0, 0.05) is 12.3 Å². The Morgan fingerprint density at radius 3 is 2.05 bits per heavy atom. The fraction of sp³-hybridized carbons (Fsp3) is 0.529. The van der Waals surface area contributed by atoms with E-state index >= 15 is 0 Å². The Kier molecular flexibility index (Phi) is 3.62. The highest BCUT2D eigenvalue weighted by Crippen LogP contribution is 2.37. The fourth-order valence-electron chi connectivity index (χ4n) is 3.26. The molecule has 1 aliphatic carbocycles. The second-order valence-electron chi connectivity index (χ2n) is 6.08. The Bertz CT molecular complexity index is 519. The summed E-state index contributed by atoms with van der Waals surface area (Å²) < 4.78 is 0. The summed E-state index contributed by atoms with van der Waals surface area (Å²) in [6.45, 7) is 9.98. The first-order valence-corrected chi connectivity index (χ1v) is 6.97. The van der Waals surface area contributed by atoms with E-state index in [0.717, 1.165) is 16.7 Å². The van der Waals surface area contributed by atoms with Crippen LogP contribution in [0, 0.1) is 32.6 Å². The molecule has 1 fully saturated rings. The summed E-state index contributed by atoms with van der Waals surface area (Å²) in [7, 11) is 0. The van der Waals surface area contributed by atoms with E-state index in [9.17, 15) is 9.59 Å². The molecule has 0 aliphatic heterocycles. The van der Waals surface area contributed by atoms with Crippen molar-refractivity contribution >= 4 is 11.6 Å². The molecule has 3 unspecified atom stereocenters. The third kappa shape index (κ3) is 2.36. The number of benzene rings is 1. The molecule has 102 valence electrons. The van der Waals surface area contributed by atoms with Gasteiger partial charge in [0.2, 0.25) is 0 Å². The van der Waals surface area contributed by atoms with E-state index in [1.165, 1.54) is 5.56 Å². The van der Waals surface area contributed by atoms with Gasteiger partial charge in [0.25, 0.3) is 0 Å². The smallest absolute Gasteiger partial charge is 0.150 e. The van der Waals surface area contributed by atoms with Crippen molar-refractivity contribution in [3.8, 4) is 0 Å². The minimum atomic E-state index is -0.535. The van der Waals surface area contributed by atoms with Crippen molar-refractivity contribution in [1.82, 2.24) is 0 Å². The second-order valence-corrected chi connectivity index (χ2v) is 6.08. The van der Waals surface area contributed by atoms with Crippen LogP contribution < -0.4 is 0 Å². The molecule has 1 aromatic rings. The lowest BCUT2D eigenvalue weighted by molar-refractivity contribution is -0.136. The molecule has 1 aromatic carbocycles. The quantitative estimate of drug-likeness (QED) is 0.722. The van der Waals surface area contributed by atoms with Gasteiger partial charge in [0.15, 0.2) is 5.78 Å². The molecular weight excluding hydrogens is 236 g/mol. The zero-order chi connectivity index (χ0) is 14.3. The predicted octanol–water partition coefficient (Wildman–Crippen LogP) is 3.51. The lowest BCUT2D eigenvalue weighted by Gasteiger charge is -2.31. The first-order valence-electron chi connectivity index (χ1n) is 6.97. The van der Waals surface area contributed by atoms with Crippen LogP contribution in [0.2, 0.25) is 0 Å². The van der Waals surface area contributed by atoms with Crippen LogP contribution in [0.5, 0.6) is 0 Å². The number of aryl methyl sites for hydroxylation is 3. The molecule has 0 spiro atoms. The van der Waals surface area contributed by atoms with Gasteiger partial charge in [0.05, 0.1) is 0 Å². The third-order valence-corrected chi connectivity index (χ3v) is 4.46. The molecule has 0 aromatic heterocycles. The average Bonchev–Trinajstić information content (AvgIpc) is 2.29. The topological polar surface area (TPSA) is 34.1 Å².